The van der Waals surface area contributed by atoms with Crippen LogP contribution in [-0.2, 0) is 4.79 Å². The van der Waals surface area contributed by atoms with E-state index in [4.69, 9.17) is 0 Å². The van der Waals surface area contributed by atoms with Crippen molar-refractivity contribution in [2.75, 3.05) is 6.54 Å². The van der Waals surface area contributed by atoms with Gasteiger partial charge in [-0.3, -0.25) is 9.59 Å². The summed E-state index contributed by atoms with van der Waals surface area (Å²) in [5.41, 5.74) is 2.74. The second kappa shape index (κ2) is 8.21. The SMILES string of the molecule is O=C(CNC(=O)c1cccc(F)c1)N/N=C/c1cc(Br)ccc1O. The summed E-state index contributed by atoms with van der Waals surface area (Å²) in [6.07, 6.45) is 1.27. The molecule has 2 amide bonds. The largest absolute Gasteiger partial charge is 0.507 e. The van der Waals surface area contributed by atoms with E-state index in [1.165, 1.54) is 30.5 Å². The Morgan fingerprint density at radius 1 is 1.25 bits per heavy atom. The highest BCUT2D eigenvalue weighted by atomic mass is 79.9. The number of amides is 2. The molecule has 24 heavy (non-hydrogen) atoms. The van der Waals surface area contributed by atoms with Crippen molar-refractivity contribution in [1.29, 1.82) is 0 Å². The van der Waals surface area contributed by atoms with Gasteiger partial charge in [0.15, 0.2) is 0 Å². The molecule has 0 aliphatic rings. The number of phenolic OH excluding ortho intramolecular Hbond substituents is 1. The molecular formula is C16H13BrFN3O3. The van der Waals surface area contributed by atoms with Crippen LogP contribution in [-0.4, -0.2) is 29.7 Å². The predicted octanol–water partition coefficient (Wildman–Crippen LogP) is 2.17. The van der Waals surface area contributed by atoms with E-state index in [9.17, 15) is 19.1 Å². The molecule has 6 nitrogen and oxygen atoms in total. The van der Waals surface area contributed by atoms with Gasteiger partial charge < -0.3 is 10.4 Å². The number of nitrogens with one attached hydrogen (secondary N) is 2. The van der Waals surface area contributed by atoms with Crippen LogP contribution in [0.1, 0.15) is 15.9 Å². The second-order valence-electron chi connectivity index (χ2n) is 4.69. The molecule has 0 fully saturated rings. The van der Waals surface area contributed by atoms with Crippen molar-refractivity contribution in [1.82, 2.24) is 10.7 Å². The van der Waals surface area contributed by atoms with Crippen molar-refractivity contribution < 1.29 is 19.1 Å². The Hall–Kier alpha value is -2.74. The first-order chi connectivity index (χ1) is 11.5. The molecule has 0 aromatic heterocycles. The second-order valence-corrected chi connectivity index (χ2v) is 5.61. The Morgan fingerprint density at radius 3 is 2.79 bits per heavy atom. The molecule has 0 spiro atoms. The molecule has 2 aromatic rings. The van der Waals surface area contributed by atoms with E-state index < -0.39 is 17.6 Å². The summed E-state index contributed by atoms with van der Waals surface area (Å²) < 4.78 is 13.8. The Bertz CT molecular complexity index is 796. The van der Waals surface area contributed by atoms with Crippen LogP contribution in [0.4, 0.5) is 4.39 Å². The number of nitrogens with zero attached hydrogens (tertiary/aromatic N) is 1. The summed E-state index contributed by atoms with van der Waals surface area (Å²) in [5, 5.41) is 15.7. The van der Waals surface area contributed by atoms with E-state index in [1.807, 2.05) is 0 Å². The fourth-order valence-corrected chi connectivity index (χ4v) is 2.11. The molecule has 0 heterocycles. The van der Waals surface area contributed by atoms with Crippen LogP contribution in [0.2, 0.25) is 0 Å². The molecule has 0 radical (unpaired) electrons. The lowest BCUT2D eigenvalue weighted by Crippen LogP contribution is -2.34. The van der Waals surface area contributed by atoms with Crippen LogP contribution in [0.5, 0.6) is 5.75 Å². The minimum absolute atomic E-state index is 0.00982. The van der Waals surface area contributed by atoms with Gasteiger partial charge in [-0.25, -0.2) is 9.82 Å². The first-order valence-electron chi connectivity index (χ1n) is 6.80. The molecule has 3 N–H and O–H groups in total. The Balaban J connectivity index is 1.84. The number of hydrazone groups is 1. The van der Waals surface area contributed by atoms with Gasteiger partial charge in [-0.2, -0.15) is 5.10 Å². The Morgan fingerprint density at radius 2 is 2.04 bits per heavy atom. The molecule has 0 saturated carbocycles. The number of carbonyl (C=O) groups is 2. The lowest BCUT2D eigenvalue weighted by Gasteiger charge is -2.04. The summed E-state index contributed by atoms with van der Waals surface area (Å²) in [6.45, 7) is -0.322. The summed E-state index contributed by atoms with van der Waals surface area (Å²) in [5.74, 6) is -1.66. The molecule has 2 rings (SSSR count). The normalized spacial score (nSPS) is 10.6. The van der Waals surface area contributed by atoms with E-state index in [2.05, 4.69) is 31.8 Å². The number of benzene rings is 2. The smallest absolute Gasteiger partial charge is 0.259 e. The first kappa shape index (κ1) is 17.6. The van der Waals surface area contributed by atoms with Gasteiger partial charge in [0, 0.05) is 15.6 Å². The van der Waals surface area contributed by atoms with Gasteiger partial charge in [0.1, 0.15) is 11.6 Å². The number of carbonyl (C=O) groups excluding carboxylic acids is 2. The zero-order chi connectivity index (χ0) is 17.5. The molecule has 0 unspecified atom stereocenters. The standard InChI is InChI=1S/C16H13BrFN3O3/c17-12-4-5-14(22)11(6-12)8-20-21-15(23)9-19-16(24)10-2-1-3-13(18)7-10/h1-8,22H,9H2,(H,19,24)(H,21,23)/b20-8+. The average Bonchev–Trinajstić information content (AvgIpc) is 2.56. The van der Waals surface area contributed by atoms with E-state index in [0.29, 0.717) is 5.56 Å². The van der Waals surface area contributed by atoms with Gasteiger partial charge >= 0.3 is 0 Å². The molecule has 0 atom stereocenters. The van der Waals surface area contributed by atoms with Crippen molar-refractivity contribution in [2.24, 2.45) is 5.10 Å². The third kappa shape index (κ3) is 5.17. The minimum atomic E-state index is -0.571. The van der Waals surface area contributed by atoms with Gasteiger partial charge in [0.25, 0.3) is 11.8 Å². The van der Waals surface area contributed by atoms with E-state index >= 15 is 0 Å². The molecule has 0 aliphatic carbocycles. The summed E-state index contributed by atoms with van der Waals surface area (Å²) in [6, 6.07) is 9.89. The number of hydrogen-bond donors (Lipinski definition) is 3. The van der Waals surface area contributed by atoms with Crippen LogP contribution < -0.4 is 10.7 Å². The Labute approximate surface area is 145 Å². The first-order valence-corrected chi connectivity index (χ1v) is 7.59. The maximum absolute atomic E-state index is 13.0. The molecule has 0 aliphatic heterocycles. The summed E-state index contributed by atoms with van der Waals surface area (Å²) >= 11 is 3.25. The Kier molecular flexibility index (Phi) is 6.02. The van der Waals surface area contributed by atoms with Gasteiger partial charge in [0.2, 0.25) is 0 Å². The summed E-state index contributed by atoms with van der Waals surface area (Å²) in [7, 11) is 0. The topological polar surface area (TPSA) is 90.8 Å². The number of phenols is 1. The third-order valence-corrected chi connectivity index (χ3v) is 3.37. The minimum Gasteiger partial charge on any atom is -0.507 e. The van der Waals surface area contributed by atoms with Crippen molar-refractivity contribution in [3.8, 4) is 5.75 Å². The molecule has 0 bridgehead atoms. The highest BCUT2D eigenvalue weighted by Gasteiger charge is 2.08. The zero-order valence-corrected chi connectivity index (χ0v) is 13.9. The maximum Gasteiger partial charge on any atom is 0.259 e. The average molecular weight is 394 g/mol. The summed E-state index contributed by atoms with van der Waals surface area (Å²) in [4.78, 5) is 23.3. The monoisotopic (exact) mass is 393 g/mol. The number of rotatable bonds is 5. The quantitative estimate of drug-likeness (QED) is 0.536. The molecular weight excluding hydrogens is 381 g/mol. The molecule has 124 valence electrons. The van der Waals surface area contributed by atoms with Crippen LogP contribution >= 0.6 is 15.9 Å². The van der Waals surface area contributed by atoms with Crippen LogP contribution in [0.25, 0.3) is 0 Å². The number of halogens is 2. The lowest BCUT2D eigenvalue weighted by atomic mass is 10.2. The van der Waals surface area contributed by atoms with E-state index in [0.717, 1.165) is 10.5 Å². The van der Waals surface area contributed by atoms with Crippen molar-refractivity contribution in [3.05, 3.63) is 63.9 Å². The van der Waals surface area contributed by atoms with Gasteiger partial charge in [-0.05, 0) is 36.4 Å². The highest BCUT2D eigenvalue weighted by Crippen LogP contribution is 2.19. The highest BCUT2D eigenvalue weighted by molar-refractivity contribution is 9.10. The van der Waals surface area contributed by atoms with Crippen LogP contribution in [0.3, 0.4) is 0 Å². The lowest BCUT2D eigenvalue weighted by molar-refractivity contribution is -0.120. The van der Waals surface area contributed by atoms with Crippen LogP contribution in [0.15, 0.2) is 52.0 Å². The van der Waals surface area contributed by atoms with Crippen molar-refractivity contribution in [2.45, 2.75) is 0 Å². The van der Waals surface area contributed by atoms with Crippen molar-refractivity contribution in [3.63, 3.8) is 0 Å². The van der Waals surface area contributed by atoms with Crippen LogP contribution in [0, 0.1) is 5.82 Å². The molecule has 8 heteroatoms. The molecule has 2 aromatic carbocycles. The van der Waals surface area contributed by atoms with Gasteiger partial charge in [0.05, 0.1) is 12.8 Å². The van der Waals surface area contributed by atoms with E-state index in [-0.39, 0.29) is 17.9 Å². The van der Waals surface area contributed by atoms with Gasteiger partial charge in [-0.15, -0.1) is 0 Å². The van der Waals surface area contributed by atoms with Crippen molar-refractivity contribution >= 4 is 34.0 Å². The fraction of sp³-hybridized carbons (Fsp3) is 0.0625. The fourth-order valence-electron chi connectivity index (χ4n) is 1.73. The number of hydrogen-bond acceptors (Lipinski definition) is 4. The predicted molar refractivity (Wildman–Crippen MR) is 90.3 cm³/mol. The number of aromatic hydroxyl groups is 1. The third-order valence-electron chi connectivity index (χ3n) is 2.88. The zero-order valence-electron chi connectivity index (χ0n) is 12.3. The molecule has 0 saturated heterocycles. The maximum atomic E-state index is 13.0. The van der Waals surface area contributed by atoms with Gasteiger partial charge in [-0.1, -0.05) is 22.0 Å². The van der Waals surface area contributed by atoms with E-state index in [1.54, 1.807) is 12.1 Å².